The molecule has 0 spiro atoms. The van der Waals surface area contributed by atoms with Gasteiger partial charge < -0.3 is 10.1 Å². The zero-order chi connectivity index (χ0) is 14.4. The highest BCUT2D eigenvalue weighted by Gasteiger charge is 2.27. The van der Waals surface area contributed by atoms with Gasteiger partial charge in [-0.2, -0.15) is 12.7 Å². The molecule has 0 aliphatic carbocycles. The standard InChI is InChI=1S/C13H27N3O3S/c1-14-10-12-3-7-16(8-4-12)20(17,18)15-6-2-13-5-9-19-11-13/h12-15H,2-11H2,1H3. The highest BCUT2D eigenvalue weighted by molar-refractivity contribution is 7.87. The largest absolute Gasteiger partial charge is 0.381 e. The van der Waals surface area contributed by atoms with Crippen LogP contribution in [0.5, 0.6) is 0 Å². The van der Waals surface area contributed by atoms with Gasteiger partial charge in [0, 0.05) is 32.8 Å². The first-order valence-electron chi connectivity index (χ1n) is 7.59. The van der Waals surface area contributed by atoms with E-state index in [0.717, 1.165) is 45.4 Å². The van der Waals surface area contributed by atoms with E-state index in [1.54, 1.807) is 4.31 Å². The van der Waals surface area contributed by atoms with Crippen molar-refractivity contribution < 1.29 is 13.2 Å². The summed E-state index contributed by atoms with van der Waals surface area (Å²) >= 11 is 0. The molecule has 6 nitrogen and oxygen atoms in total. The van der Waals surface area contributed by atoms with Gasteiger partial charge in [0.2, 0.25) is 0 Å². The van der Waals surface area contributed by atoms with E-state index >= 15 is 0 Å². The van der Waals surface area contributed by atoms with Gasteiger partial charge in [0.15, 0.2) is 0 Å². The van der Waals surface area contributed by atoms with Crippen LogP contribution in [0.2, 0.25) is 0 Å². The molecule has 2 saturated heterocycles. The van der Waals surface area contributed by atoms with E-state index in [2.05, 4.69) is 10.0 Å². The van der Waals surface area contributed by atoms with Gasteiger partial charge >= 0.3 is 0 Å². The van der Waals surface area contributed by atoms with E-state index in [1.165, 1.54) is 0 Å². The maximum absolute atomic E-state index is 12.2. The molecule has 0 radical (unpaired) electrons. The second kappa shape index (κ2) is 7.70. The van der Waals surface area contributed by atoms with Crippen LogP contribution in [-0.4, -0.2) is 59.2 Å². The van der Waals surface area contributed by atoms with Crippen LogP contribution in [-0.2, 0) is 14.9 Å². The summed E-state index contributed by atoms with van der Waals surface area (Å²) in [4.78, 5) is 0. The zero-order valence-electron chi connectivity index (χ0n) is 12.3. The van der Waals surface area contributed by atoms with Crippen LogP contribution in [0, 0.1) is 11.8 Å². The molecule has 2 rings (SSSR count). The highest BCUT2D eigenvalue weighted by atomic mass is 32.2. The lowest BCUT2D eigenvalue weighted by Crippen LogP contribution is -2.46. The lowest BCUT2D eigenvalue weighted by Gasteiger charge is -2.31. The maximum Gasteiger partial charge on any atom is 0.279 e. The molecule has 0 aromatic carbocycles. The molecule has 2 aliphatic rings. The van der Waals surface area contributed by atoms with E-state index < -0.39 is 10.2 Å². The van der Waals surface area contributed by atoms with Crippen LogP contribution >= 0.6 is 0 Å². The predicted octanol–water partition coefficient (Wildman–Crippen LogP) is 0.179. The summed E-state index contributed by atoms with van der Waals surface area (Å²) in [5, 5.41) is 3.16. The average molecular weight is 305 g/mol. The minimum absolute atomic E-state index is 0.513. The number of ether oxygens (including phenoxy) is 1. The van der Waals surface area contributed by atoms with Crippen molar-refractivity contribution in [1.29, 1.82) is 0 Å². The molecule has 20 heavy (non-hydrogen) atoms. The minimum atomic E-state index is -3.29. The Labute approximate surface area is 122 Å². The quantitative estimate of drug-likeness (QED) is 0.704. The summed E-state index contributed by atoms with van der Waals surface area (Å²) in [5.41, 5.74) is 0. The van der Waals surface area contributed by atoms with Gasteiger partial charge in [0.25, 0.3) is 10.2 Å². The molecule has 2 aliphatic heterocycles. The zero-order valence-corrected chi connectivity index (χ0v) is 13.1. The molecule has 2 heterocycles. The van der Waals surface area contributed by atoms with Gasteiger partial charge in [-0.15, -0.1) is 0 Å². The van der Waals surface area contributed by atoms with Crippen molar-refractivity contribution in [2.45, 2.75) is 25.7 Å². The Morgan fingerprint density at radius 2 is 1.95 bits per heavy atom. The fourth-order valence-electron chi connectivity index (χ4n) is 2.94. The van der Waals surface area contributed by atoms with E-state index in [9.17, 15) is 8.42 Å². The summed E-state index contributed by atoms with van der Waals surface area (Å²) in [6.45, 7) is 4.35. The third-order valence-corrected chi connectivity index (χ3v) is 5.88. The normalized spacial score (nSPS) is 26.1. The Bertz CT molecular complexity index is 374. The minimum Gasteiger partial charge on any atom is -0.381 e. The Kier molecular flexibility index (Phi) is 6.22. The summed E-state index contributed by atoms with van der Waals surface area (Å²) in [7, 11) is -1.35. The number of rotatable bonds is 7. The first-order valence-corrected chi connectivity index (χ1v) is 9.03. The summed E-state index contributed by atoms with van der Waals surface area (Å²) < 4.78 is 34.0. The Hall–Kier alpha value is -0.210. The molecule has 0 bridgehead atoms. The lowest BCUT2D eigenvalue weighted by molar-refractivity contribution is 0.184. The molecule has 0 aromatic rings. The molecule has 0 amide bonds. The molecule has 2 N–H and O–H groups in total. The highest BCUT2D eigenvalue weighted by Crippen LogP contribution is 2.19. The van der Waals surface area contributed by atoms with E-state index in [0.29, 0.717) is 31.5 Å². The van der Waals surface area contributed by atoms with Gasteiger partial charge in [0.1, 0.15) is 0 Å². The van der Waals surface area contributed by atoms with Gasteiger partial charge in [-0.3, -0.25) is 0 Å². The van der Waals surface area contributed by atoms with E-state index in [4.69, 9.17) is 4.74 Å². The van der Waals surface area contributed by atoms with Gasteiger partial charge in [-0.05, 0) is 51.1 Å². The molecule has 1 atom stereocenters. The second-order valence-electron chi connectivity index (χ2n) is 5.82. The molecular formula is C13H27N3O3S. The third-order valence-electron chi connectivity index (χ3n) is 4.27. The molecule has 2 fully saturated rings. The number of piperidine rings is 1. The smallest absolute Gasteiger partial charge is 0.279 e. The van der Waals surface area contributed by atoms with Crippen LogP contribution in [0.15, 0.2) is 0 Å². The van der Waals surface area contributed by atoms with Crippen LogP contribution in [0.4, 0.5) is 0 Å². The van der Waals surface area contributed by atoms with Gasteiger partial charge in [-0.25, -0.2) is 4.72 Å². The van der Waals surface area contributed by atoms with Crippen molar-refractivity contribution in [1.82, 2.24) is 14.3 Å². The van der Waals surface area contributed by atoms with Gasteiger partial charge in [-0.1, -0.05) is 0 Å². The molecule has 1 unspecified atom stereocenters. The Morgan fingerprint density at radius 3 is 2.55 bits per heavy atom. The fraction of sp³-hybridized carbons (Fsp3) is 1.00. The topological polar surface area (TPSA) is 70.7 Å². The van der Waals surface area contributed by atoms with Crippen molar-refractivity contribution in [2.75, 3.05) is 46.4 Å². The summed E-state index contributed by atoms with van der Waals surface area (Å²) in [6.07, 6.45) is 3.81. The number of hydrogen-bond donors (Lipinski definition) is 2. The van der Waals surface area contributed by atoms with Crippen molar-refractivity contribution >= 4 is 10.2 Å². The molecule has 7 heteroatoms. The van der Waals surface area contributed by atoms with Crippen molar-refractivity contribution in [2.24, 2.45) is 11.8 Å². The number of nitrogens with one attached hydrogen (secondary N) is 2. The summed E-state index contributed by atoms with van der Waals surface area (Å²) in [6, 6.07) is 0. The number of hydrogen-bond acceptors (Lipinski definition) is 4. The SMILES string of the molecule is CNCC1CCN(S(=O)(=O)NCCC2CCOC2)CC1. The fourth-order valence-corrected chi connectivity index (χ4v) is 4.19. The Balaban J connectivity index is 1.70. The summed E-state index contributed by atoms with van der Waals surface area (Å²) in [5.74, 6) is 1.11. The average Bonchev–Trinajstić information content (AvgIpc) is 2.93. The third kappa shape index (κ3) is 4.66. The van der Waals surface area contributed by atoms with Crippen LogP contribution in [0.1, 0.15) is 25.7 Å². The van der Waals surface area contributed by atoms with Gasteiger partial charge in [0.05, 0.1) is 0 Å². The maximum atomic E-state index is 12.2. The predicted molar refractivity (Wildman–Crippen MR) is 78.7 cm³/mol. The van der Waals surface area contributed by atoms with Crippen LogP contribution < -0.4 is 10.0 Å². The second-order valence-corrected chi connectivity index (χ2v) is 7.57. The Morgan fingerprint density at radius 1 is 1.20 bits per heavy atom. The first-order chi connectivity index (χ1) is 9.62. The monoisotopic (exact) mass is 305 g/mol. The number of nitrogens with zero attached hydrogens (tertiary/aromatic N) is 1. The first kappa shape index (κ1) is 16.2. The van der Waals surface area contributed by atoms with Crippen LogP contribution in [0.3, 0.4) is 0 Å². The van der Waals surface area contributed by atoms with Crippen molar-refractivity contribution in [3.05, 3.63) is 0 Å². The van der Waals surface area contributed by atoms with Crippen molar-refractivity contribution in [3.8, 4) is 0 Å². The molecular weight excluding hydrogens is 278 g/mol. The molecule has 0 aromatic heterocycles. The van der Waals surface area contributed by atoms with E-state index in [1.807, 2.05) is 7.05 Å². The molecule has 0 saturated carbocycles. The molecule has 118 valence electrons. The van der Waals surface area contributed by atoms with E-state index in [-0.39, 0.29) is 0 Å². The van der Waals surface area contributed by atoms with Crippen molar-refractivity contribution in [3.63, 3.8) is 0 Å². The van der Waals surface area contributed by atoms with Crippen LogP contribution in [0.25, 0.3) is 0 Å². The lowest BCUT2D eigenvalue weighted by atomic mass is 9.98.